The first-order chi connectivity index (χ1) is 15.0. The monoisotopic (exact) mass is 455 g/mol. The standard InChI is InChI=1S/C24H26ClN3O2S/c1-15(29)26-18-13-19-5-6-20(14-18)28(19)11-10-16-2-7-21(8-3-16)30-24-27-22-9-4-17(25)12-23(22)31-24/h2-4,7-9,12,18-20H,5-6,10-11,13-14H2,1H3,(H,26,29)/t18-,19-,20+. The van der Waals surface area contributed by atoms with Crippen LogP contribution in [0.2, 0.25) is 5.02 Å². The SMILES string of the molecule is CC(=O)N[C@@H]1C[C@H]2CC[C@@H](C1)N2CCc1ccc(Oc2nc3ccc(Cl)cc3s2)cc1. The lowest BCUT2D eigenvalue weighted by Crippen LogP contribution is -2.50. The van der Waals surface area contributed by atoms with Crippen LogP contribution in [-0.2, 0) is 11.2 Å². The van der Waals surface area contributed by atoms with Crippen molar-refractivity contribution in [3.05, 3.63) is 53.1 Å². The number of nitrogens with zero attached hydrogens (tertiary/aromatic N) is 2. The summed E-state index contributed by atoms with van der Waals surface area (Å²) in [6, 6.07) is 15.6. The first-order valence-electron chi connectivity index (χ1n) is 10.9. The Labute approximate surface area is 191 Å². The molecule has 2 aliphatic rings. The number of rotatable bonds is 6. The minimum absolute atomic E-state index is 0.0924. The molecule has 3 atom stereocenters. The first kappa shape index (κ1) is 20.7. The average Bonchev–Trinajstić information content (AvgIpc) is 3.23. The molecule has 0 aliphatic carbocycles. The van der Waals surface area contributed by atoms with E-state index in [2.05, 4.69) is 27.3 Å². The van der Waals surface area contributed by atoms with E-state index >= 15 is 0 Å². The maximum atomic E-state index is 11.4. The maximum Gasteiger partial charge on any atom is 0.279 e. The van der Waals surface area contributed by atoms with Gasteiger partial charge in [-0.2, -0.15) is 0 Å². The van der Waals surface area contributed by atoms with Gasteiger partial charge in [0.2, 0.25) is 5.91 Å². The number of carbonyl (C=O) groups excluding carboxylic acids is 1. The van der Waals surface area contributed by atoms with Gasteiger partial charge in [0, 0.05) is 36.6 Å². The molecule has 0 radical (unpaired) electrons. The minimum Gasteiger partial charge on any atom is -0.431 e. The molecule has 2 saturated heterocycles. The first-order valence-corrected chi connectivity index (χ1v) is 12.1. The van der Waals surface area contributed by atoms with Crippen molar-refractivity contribution < 1.29 is 9.53 Å². The largest absolute Gasteiger partial charge is 0.431 e. The van der Waals surface area contributed by atoms with Crippen molar-refractivity contribution in [3.8, 4) is 10.9 Å². The molecule has 3 aromatic rings. The highest BCUT2D eigenvalue weighted by molar-refractivity contribution is 7.20. The van der Waals surface area contributed by atoms with Crippen LogP contribution in [0.15, 0.2) is 42.5 Å². The van der Waals surface area contributed by atoms with Crippen LogP contribution in [0.4, 0.5) is 0 Å². The van der Waals surface area contributed by atoms with E-state index in [1.165, 1.54) is 29.7 Å². The van der Waals surface area contributed by atoms with Gasteiger partial charge >= 0.3 is 0 Å². The highest BCUT2D eigenvalue weighted by Gasteiger charge is 2.40. The number of hydrogen-bond acceptors (Lipinski definition) is 5. The molecule has 0 unspecified atom stereocenters. The summed E-state index contributed by atoms with van der Waals surface area (Å²) in [5.41, 5.74) is 2.21. The number of nitrogens with one attached hydrogen (secondary N) is 1. The molecule has 3 heterocycles. The Bertz CT molecular complexity index is 1070. The van der Waals surface area contributed by atoms with Crippen LogP contribution in [0.5, 0.6) is 10.9 Å². The van der Waals surface area contributed by atoms with Gasteiger partial charge in [-0.15, -0.1) is 0 Å². The summed E-state index contributed by atoms with van der Waals surface area (Å²) in [4.78, 5) is 18.6. The van der Waals surface area contributed by atoms with Crippen molar-refractivity contribution in [1.29, 1.82) is 0 Å². The predicted molar refractivity (Wildman–Crippen MR) is 125 cm³/mol. The van der Waals surface area contributed by atoms with Crippen LogP contribution in [0.1, 0.15) is 38.2 Å². The quantitative estimate of drug-likeness (QED) is 0.539. The Morgan fingerprint density at radius 2 is 1.94 bits per heavy atom. The smallest absolute Gasteiger partial charge is 0.279 e. The van der Waals surface area contributed by atoms with Gasteiger partial charge in [0.1, 0.15) is 5.75 Å². The Hall–Kier alpha value is -2.15. The number of piperidine rings is 1. The van der Waals surface area contributed by atoms with E-state index in [1.807, 2.05) is 30.3 Å². The molecule has 1 amide bonds. The fraction of sp³-hybridized carbons (Fsp3) is 0.417. The van der Waals surface area contributed by atoms with Crippen LogP contribution >= 0.6 is 22.9 Å². The Balaban J connectivity index is 1.17. The zero-order valence-electron chi connectivity index (χ0n) is 17.5. The van der Waals surface area contributed by atoms with Gasteiger partial charge < -0.3 is 10.1 Å². The van der Waals surface area contributed by atoms with E-state index in [4.69, 9.17) is 16.3 Å². The summed E-state index contributed by atoms with van der Waals surface area (Å²) in [6.07, 6.45) is 5.69. The summed E-state index contributed by atoms with van der Waals surface area (Å²) >= 11 is 7.56. The number of benzene rings is 2. The second-order valence-electron chi connectivity index (χ2n) is 8.58. The van der Waals surface area contributed by atoms with Crippen molar-refractivity contribution >= 4 is 39.1 Å². The molecule has 162 valence electrons. The third-order valence-corrected chi connectivity index (χ3v) is 7.54. The number of hydrogen-bond donors (Lipinski definition) is 1. The fourth-order valence-electron chi connectivity index (χ4n) is 5.05. The minimum atomic E-state index is 0.0924. The number of thiazole rings is 1. The Morgan fingerprint density at radius 3 is 2.65 bits per heavy atom. The maximum absolute atomic E-state index is 11.4. The molecule has 31 heavy (non-hydrogen) atoms. The highest BCUT2D eigenvalue weighted by Crippen LogP contribution is 2.36. The van der Waals surface area contributed by atoms with Crippen molar-refractivity contribution in [2.24, 2.45) is 0 Å². The number of aromatic nitrogens is 1. The Morgan fingerprint density at radius 1 is 1.19 bits per heavy atom. The van der Waals surface area contributed by atoms with Crippen molar-refractivity contribution in [2.45, 2.75) is 57.2 Å². The molecule has 7 heteroatoms. The van der Waals surface area contributed by atoms with Gasteiger partial charge in [0.05, 0.1) is 10.2 Å². The normalized spacial score (nSPS) is 23.2. The summed E-state index contributed by atoms with van der Waals surface area (Å²) in [6.45, 7) is 2.69. The van der Waals surface area contributed by atoms with Crippen LogP contribution in [0, 0.1) is 0 Å². The van der Waals surface area contributed by atoms with E-state index in [9.17, 15) is 4.79 Å². The zero-order chi connectivity index (χ0) is 21.4. The molecule has 1 aromatic heterocycles. The Kier molecular flexibility index (Phi) is 5.87. The van der Waals surface area contributed by atoms with Gasteiger partial charge in [0.25, 0.3) is 5.19 Å². The average molecular weight is 456 g/mol. The van der Waals surface area contributed by atoms with Crippen LogP contribution in [-0.4, -0.2) is 40.5 Å². The highest BCUT2D eigenvalue weighted by atomic mass is 35.5. The molecular weight excluding hydrogens is 430 g/mol. The van der Waals surface area contributed by atoms with Gasteiger partial charge in [-0.3, -0.25) is 9.69 Å². The molecule has 0 saturated carbocycles. The number of amides is 1. The molecule has 2 bridgehead atoms. The van der Waals surface area contributed by atoms with Crippen LogP contribution in [0.3, 0.4) is 0 Å². The molecule has 2 fully saturated rings. The molecule has 2 aromatic carbocycles. The number of ether oxygens (including phenoxy) is 1. The van der Waals surface area contributed by atoms with Gasteiger partial charge in [-0.05, 0) is 68.0 Å². The van der Waals surface area contributed by atoms with Gasteiger partial charge in [-0.1, -0.05) is 35.1 Å². The third-order valence-electron chi connectivity index (χ3n) is 6.41. The van der Waals surface area contributed by atoms with Crippen molar-refractivity contribution in [2.75, 3.05) is 6.54 Å². The molecule has 2 aliphatic heterocycles. The third kappa shape index (κ3) is 4.71. The van der Waals surface area contributed by atoms with E-state index in [-0.39, 0.29) is 5.91 Å². The second-order valence-corrected chi connectivity index (χ2v) is 10.0. The van der Waals surface area contributed by atoms with E-state index < -0.39 is 0 Å². The zero-order valence-corrected chi connectivity index (χ0v) is 19.1. The van der Waals surface area contributed by atoms with Gasteiger partial charge in [0.15, 0.2) is 0 Å². The molecule has 5 rings (SSSR count). The van der Waals surface area contributed by atoms with Crippen LogP contribution in [0.25, 0.3) is 10.2 Å². The van der Waals surface area contributed by atoms with Gasteiger partial charge in [-0.25, -0.2) is 4.98 Å². The summed E-state index contributed by atoms with van der Waals surface area (Å²) in [7, 11) is 0. The van der Waals surface area contributed by atoms with Crippen LogP contribution < -0.4 is 10.1 Å². The lowest BCUT2D eigenvalue weighted by molar-refractivity contribution is -0.120. The molecular formula is C24H26ClN3O2S. The number of carbonyl (C=O) groups is 1. The molecule has 0 spiro atoms. The lowest BCUT2D eigenvalue weighted by atomic mass is 9.96. The van der Waals surface area contributed by atoms with Crippen molar-refractivity contribution in [1.82, 2.24) is 15.2 Å². The lowest BCUT2D eigenvalue weighted by Gasteiger charge is -2.39. The van der Waals surface area contributed by atoms with E-state index in [0.717, 1.165) is 41.8 Å². The van der Waals surface area contributed by atoms with E-state index in [0.29, 0.717) is 28.3 Å². The number of halogens is 1. The molecule has 5 nitrogen and oxygen atoms in total. The molecule has 1 N–H and O–H groups in total. The van der Waals surface area contributed by atoms with E-state index in [1.54, 1.807) is 6.92 Å². The summed E-state index contributed by atoms with van der Waals surface area (Å²) in [5.74, 6) is 0.889. The number of fused-ring (bicyclic) bond motifs is 3. The fourth-order valence-corrected chi connectivity index (χ4v) is 6.16. The summed E-state index contributed by atoms with van der Waals surface area (Å²) < 4.78 is 6.98. The topological polar surface area (TPSA) is 54.5 Å². The van der Waals surface area contributed by atoms with Crippen molar-refractivity contribution in [3.63, 3.8) is 0 Å². The second kappa shape index (κ2) is 8.77. The predicted octanol–water partition coefficient (Wildman–Crippen LogP) is 5.42. The summed E-state index contributed by atoms with van der Waals surface area (Å²) in [5, 5.41) is 4.46.